The van der Waals surface area contributed by atoms with Crippen LogP contribution in [-0.2, 0) is 4.79 Å². The van der Waals surface area contributed by atoms with Gasteiger partial charge in [-0.05, 0) is 37.5 Å². The van der Waals surface area contributed by atoms with Crippen molar-refractivity contribution < 1.29 is 9.90 Å². The number of carboxylic acids is 1. The molecule has 4 nitrogen and oxygen atoms in total. The van der Waals surface area contributed by atoms with Gasteiger partial charge in [0.25, 0.3) is 0 Å². The fourth-order valence-electron chi connectivity index (χ4n) is 3.55. The molecule has 0 aromatic heterocycles. The number of hydrogen-bond acceptors (Lipinski definition) is 3. The van der Waals surface area contributed by atoms with Crippen LogP contribution in [0, 0.1) is 17.8 Å². The van der Waals surface area contributed by atoms with Crippen LogP contribution in [0.1, 0.15) is 67.2 Å². The molecular weight excluding hydrogens is 252 g/mol. The van der Waals surface area contributed by atoms with Crippen molar-refractivity contribution in [2.45, 2.75) is 78.3 Å². The maximum atomic E-state index is 12.0. The standard InChI is InChI=1S/C16H34N2O2/c1-7-15(17,8-2)12(11(5)6)13(14(19)20)16(18,9-3)10-4/h11-13H,7-10,17-18H2,1-6H3,(H,19,20). The molecule has 120 valence electrons. The molecule has 0 spiro atoms. The summed E-state index contributed by atoms with van der Waals surface area (Å²) in [5, 5.41) is 9.81. The summed E-state index contributed by atoms with van der Waals surface area (Å²) in [5.74, 6) is -1.36. The molecule has 2 atom stereocenters. The lowest BCUT2D eigenvalue weighted by molar-refractivity contribution is -0.150. The van der Waals surface area contributed by atoms with Crippen LogP contribution < -0.4 is 11.5 Å². The Bertz CT molecular complexity index is 308. The van der Waals surface area contributed by atoms with E-state index in [1.54, 1.807) is 0 Å². The summed E-state index contributed by atoms with van der Waals surface area (Å²) in [5.41, 5.74) is 11.8. The zero-order chi connectivity index (χ0) is 16.1. The number of nitrogens with two attached hydrogens (primary N) is 2. The highest BCUT2D eigenvalue weighted by molar-refractivity contribution is 5.72. The summed E-state index contributed by atoms with van der Waals surface area (Å²) in [6.45, 7) is 12.1. The van der Waals surface area contributed by atoms with Gasteiger partial charge in [-0.2, -0.15) is 0 Å². The maximum absolute atomic E-state index is 12.0. The van der Waals surface area contributed by atoms with Crippen LogP contribution in [0.2, 0.25) is 0 Å². The number of rotatable bonds is 9. The second-order valence-corrected chi connectivity index (χ2v) is 6.47. The third kappa shape index (κ3) is 3.73. The largest absolute Gasteiger partial charge is 0.481 e. The van der Waals surface area contributed by atoms with Crippen LogP contribution >= 0.6 is 0 Å². The number of hydrogen-bond donors (Lipinski definition) is 3. The lowest BCUT2D eigenvalue weighted by Gasteiger charge is -2.48. The second-order valence-electron chi connectivity index (χ2n) is 6.47. The average molecular weight is 286 g/mol. The Morgan fingerprint density at radius 1 is 0.950 bits per heavy atom. The van der Waals surface area contributed by atoms with Crippen molar-refractivity contribution in [2.24, 2.45) is 29.2 Å². The van der Waals surface area contributed by atoms with Gasteiger partial charge < -0.3 is 16.6 Å². The van der Waals surface area contributed by atoms with E-state index >= 15 is 0 Å². The van der Waals surface area contributed by atoms with Gasteiger partial charge in [0.1, 0.15) is 0 Å². The van der Waals surface area contributed by atoms with Gasteiger partial charge in [0.05, 0.1) is 5.92 Å². The van der Waals surface area contributed by atoms with Gasteiger partial charge in [-0.3, -0.25) is 4.79 Å². The molecule has 5 N–H and O–H groups in total. The highest BCUT2D eigenvalue weighted by atomic mass is 16.4. The van der Waals surface area contributed by atoms with E-state index < -0.39 is 23.0 Å². The van der Waals surface area contributed by atoms with Crippen molar-refractivity contribution in [1.82, 2.24) is 0 Å². The van der Waals surface area contributed by atoms with Crippen molar-refractivity contribution >= 4 is 5.97 Å². The minimum atomic E-state index is -0.813. The summed E-state index contributed by atoms with van der Waals surface area (Å²) in [4.78, 5) is 12.0. The molecule has 0 aromatic carbocycles. The third-order valence-corrected chi connectivity index (χ3v) is 5.26. The van der Waals surface area contributed by atoms with E-state index in [9.17, 15) is 9.90 Å². The highest BCUT2D eigenvalue weighted by Crippen LogP contribution is 2.41. The maximum Gasteiger partial charge on any atom is 0.308 e. The monoisotopic (exact) mass is 286 g/mol. The van der Waals surface area contributed by atoms with Gasteiger partial charge in [0, 0.05) is 11.1 Å². The molecule has 2 unspecified atom stereocenters. The molecular formula is C16H34N2O2. The fourth-order valence-corrected chi connectivity index (χ4v) is 3.55. The zero-order valence-electron chi connectivity index (χ0n) is 14.1. The molecule has 0 radical (unpaired) electrons. The van der Waals surface area contributed by atoms with Gasteiger partial charge in [-0.25, -0.2) is 0 Å². The SMILES string of the molecule is CCC(N)(CC)C(C(=O)O)C(C(C)C)C(N)(CC)CC. The zero-order valence-corrected chi connectivity index (χ0v) is 14.1. The quantitative estimate of drug-likeness (QED) is 0.608. The molecule has 0 bridgehead atoms. The Morgan fingerprint density at radius 2 is 1.30 bits per heavy atom. The predicted octanol–water partition coefficient (Wildman–Crippen LogP) is 2.99. The highest BCUT2D eigenvalue weighted by Gasteiger charge is 2.50. The first-order valence-electron chi connectivity index (χ1n) is 7.94. The first-order valence-corrected chi connectivity index (χ1v) is 7.94. The lowest BCUT2D eigenvalue weighted by atomic mass is 9.61. The van der Waals surface area contributed by atoms with Crippen molar-refractivity contribution in [2.75, 3.05) is 0 Å². The Kier molecular flexibility index (Phi) is 7.19. The molecule has 0 saturated heterocycles. The second kappa shape index (κ2) is 7.41. The summed E-state index contributed by atoms with van der Waals surface area (Å²) in [6.07, 6.45) is 2.82. The van der Waals surface area contributed by atoms with Crippen LogP contribution in [0.4, 0.5) is 0 Å². The predicted molar refractivity (Wildman–Crippen MR) is 84.5 cm³/mol. The van der Waals surface area contributed by atoms with Crippen LogP contribution in [-0.4, -0.2) is 22.2 Å². The van der Waals surface area contributed by atoms with E-state index in [4.69, 9.17) is 11.5 Å². The summed E-state index contributed by atoms with van der Waals surface area (Å²) in [6, 6.07) is 0. The van der Waals surface area contributed by atoms with Crippen molar-refractivity contribution in [1.29, 1.82) is 0 Å². The van der Waals surface area contributed by atoms with Gasteiger partial charge in [-0.15, -0.1) is 0 Å². The smallest absolute Gasteiger partial charge is 0.308 e. The van der Waals surface area contributed by atoms with Crippen LogP contribution in [0.3, 0.4) is 0 Å². The van der Waals surface area contributed by atoms with Crippen LogP contribution in [0.15, 0.2) is 0 Å². The molecule has 20 heavy (non-hydrogen) atoms. The minimum absolute atomic E-state index is 0.125. The van der Waals surface area contributed by atoms with E-state index in [-0.39, 0.29) is 11.8 Å². The summed E-state index contributed by atoms with van der Waals surface area (Å²) >= 11 is 0. The molecule has 0 rings (SSSR count). The van der Waals surface area contributed by atoms with Crippen LogP contribution in [0.25, 0.3) is 0 Å². The van der Waals surface area contributed by atoms with E-state index in [0.717, 1.165) is 12.8 Å². The van der Waals surface area contributed by atoms with E-state index in [1.807, 2.05) is 27.7 Å². The molecule has 0 aliphatic carbocycles. The van der Waals surface area contributed by atoms with Crippen molar-refractivity contribution in [3.05, 3.63) is 0 Å². The lowest BCUT2D eigenvalue weighted by Crippen LogP contribution is -2.61. The van der Waals surface area contributed by atoms with Gasteiger partial charge >= 0.3 is 5.97 Å². The van der Waals surface area contributed by atoms with Gasteiger partial charge in [0.2, 0.25) is 0 Å². The molecule has 0 aromatic rings. The Balaban J connectivity index is 5.89. The normalized spacial score (nSPS) is 16.2. The average Bonchev–Trinajstić information content (AvgIpc) is 2.42. The van der Waals surface area contributed by atoms with Gasteiger partial charge in [0.15, 0.2) is 0 Å². The molecule has 0 fully saturated rings. The number of aliphatic carboxylic acids is 1. The van der Waals surface area contributed by atoms with E-state index in [1.165, 1.54) is 0 Å². The summed E-state index contributed by atoms with van der Waals surface area (Å²) in [7, 11) is 0. The number of carboxylic acid groups (broad SMARTS) is 1. The Labute approximate surface area is 124 Å². The third-order valence-electron chi connectivity index (χ3n) is 5.26. The molecule has 4 heteroatoms. The molecule has 0 aliphatic heterocycles. The van der Waals surface area contributed by atoms with Crippen LogP contribution in [0.5, 0.6) is 0 Å². The van der Waals surface area contributed by atoms with E-state index in [0.29, 0.717) is 12.8 Å². The first kappa shape index (κ1) is 19.4. The fraction of sp³-hybridized carbons (Fsp3) is 0.938. The topological polar surface area (TPSA) is 89.3 Å². The Morgan fingerprint density at radius 3 is 1.50 bits per heavy atom. The minimum Gasteiger partial charge on any atom is -0.481 e. The summed E-state index contributed by atoms with van der Waals surface area (Å²) < 4.78 is 0. The molecule has 0 saturated carbocycles. The Hall–Kier alpha value is -0.610. The first-order chi connectivity index (χ1) is 9.13. The van der Waals surface area contributed by atoms with Gasteiger partial charge in [-0.1, -0.05) is 41.5 Å². The van der Waals surface area contributed by atoms with Crippen molar-refractivity contribution in [3.63, 3.8) is 0 Å². The number of carbonyl (C=O) groups is 1. The van der Waals surface area contributed by atoms with E-state index in [2.05, 4.69) is 13.8 Å². The molecule has 0 heterocycles. The molecule has 0 amide bonds. The van der Waals surface area contributed by atoms with Crippen molar-refractivity contribution in [3.8, 4) is 0 Å². The molecule has 0 aliphatic rings.